The first-order valence-electron chi connectivity index (χ1n) is 20.1. The molecular formula is C53H42N4. The van der Waals surface area contributed by atoms with Crippen LogP contribution in [-0.4, -0.2) is 19.5 Å². The molecule has 0 N–H and O–H groups in total. The van der Waals surface area contributed by atoms with E-state index in [0.29, 0.717) is 17.5 Å². The van der Waals surface area contributed by atoms with Crippen molar-refractivity contribution in [2.45, 2.75) is 51.4 Å². The minimum atomic E-state index is 0.0927. The van der Waals surface area contributed by atoms with E-state index in [1.807, 2.05) is 18.2 Å². The Hall–Kier alpha value is -6.65. The molecule has 0 saturated heterocycles. The lowest BCUT2D eigenvalue weighted by Gasteiger charge is -2.42. The third kappa shape index (κ3) is 5.31. The van der Waals surface area contributed by atoms with Gasteiger partial charge in [0.25, 0.3) is 0 Å². The normalized spacial score (nSPS) is 14.8. The van der Waals surface area contributed by atoms with E-state index in [0.717, 1.165) is 33.2 Å². The van der Waals surface area contributed by atoms with Crippen molar-refractivity contribution in [2.24, 2.45) is 0 Å². The van der Waals surface area contributed by atoms with Crippen molar-refractivity contribution >= 4 is 54.1 Å². The zero-order valence-corrected chi connectivity index (χ0v) is 32.7. The Morgan fingerprint density at radius 1 is 0.421 bits per heavy atom. The third-order valence-electron chi connectivity index (χ3n) is 12.7. The number of rotatable bonds is 4. The van der Waals surface area contributed by atoms with Crippen molar-refractivity contribution in [1.82, 2.24) is 19.5 Å². The predicted octanol–water partition coefficient (Wildman–Crippen LogP) is 13.8. The summed E-state index contributed by atoms with van der Waals surface area (Å²) in [7, 11) is 0. The van der Waals surface area contributed by atoms with Gasteiger partial charge in [0.2, 0.25) is 0 Å². The van der Waals surface area contributed by atoms with Gasteiger partial charge < -0.3 is 4.57 Å². The monoisotopic (exact) mass is 734 g/mol. The van der Waals surface area contributed by atoms with E-state index in [9.17, 15) is 0 Å². The first-order valence-corrected chi connectivity index (χ1v) is 20.1. The van der Waals surface area contributed by atoms with Gasteiger partial charge in [-0.2, -0.15) is 0 Å². The van der Waals surface area contributed by atoms with Crippen molar-refractivity contribution in [3.05, 3.63) is 169 Å². The quantitative estimate of drug-likeness (QED) is 0.169. The average Bonchev–Trinajstić information content (AvgIpc) is 3.59. The van der Waals surface area contributed by atoms with Crippen LogP contribution in [0.1, 0.15) is 51.7 Å². The lowest BCUT2D eigenvalue weighted by Crippen LogP contribution is -2.33. The summed E-state index contributed by atoms with van der Waals surface area (Å²) in [5.74, 6) is 1.96. The first kappa shape index (κ1) is 33.7. The Morgan fingerprint density at radius 3 is 1.70 bits per heavy atom. The average molecular weight is 735 g/mol. The third-order valence-corrected chi connectivity index (χ3v) is 12.7. The maximum Gasteiger partial charge on any atom is 0.164 e. The number of aromatic nitrogens is 4. The van der Waals surface area contributed by atoms with E-state index in [1.165, 1.54) is 67.3 Å². The van der Waals surface area contributed by atoms with Gasteiger partial charge in [0.15, 0.2) is 17.5 Å². The summed E-state index contributed by atoms with van der Waals surface area (Å²) in [6.07, 6.45) is 2.35. The van der Waals surface area contributed by atoms with Gasteiger partial charge in [-0.15, -0.1) is 0 Å². The zero-order chi connectivity index (χ0) is 38.5. The molecule has 0 aliphatic heterocycles. The smallest absolute Gasteiger partial charge is 0.164 e. The molecule has 0 atom stereocenters. The van der Waals surface area contributed by atoms with E-state index < -0.39 is 0 Å². The van der Waals surface area contributed by atoms with Gasteiger partial charge in [-0.25, -0.2) is 15.0 Å². The maximum absolute atomic E-state index is 5.23. The van der Waals surface area contributed by atoms with Gasteiger partial charge in [0.1, 0.15) is 0 Å². The lowest BCUT2D eigenvalue weighted by atomic mass is 9.63. The largest absolute Gasteiger partial charge is 0.309 e. The second-order valence-corrected chi connectivity index (χ2v) is 17.1. The molecule has 0 bridgehead atoms. The fraction of sp³-hybridized carbons (Fsp3) is 0.151. The molecule has 0 fully saturated rings. The van der Waals surface area contributed by atoms with Gasteiger partial charge in [-0.1, -0.05) is 137 Å². The Morgan fingerprint density at radius 2 is 0.982 bits per heavy atom. The van der Waals surface area contributed by atoms with E-state index in [2.05, 4.69) is 172 Å². The summed E-state index contributed by atoms with van der Waals surface area (Å²) in [5.41, 5.74) is 9.61. The van der Waals surface area contributed by atoms with Crippen molar-refractivity contribution < 1.29 is 0 Å². The Bertz CT molecular complexity index is 3230. The molecule has 0 unspecified atom stereocenters. The van der Waals surface area contributed by atoms with Crippen LogP contribution in [0, 0.1) is 0 Å². The highest BCUT2D eigenvalue weighted by Crippen LogP contribution is 2.49. The van der Waals surface area contributed by atoms with E-state index in [4.69, 9.17) is 15.0 Å². The summed E-state index contributed by atoms with van der Waals surface area (Å²) >= 11 is 0. The van der Waals surface area contributed by atoms with Crippen LogP contribution in [0.2, 0.25) is 0 Å². The maximum atomic E-state index is 5.23. The van der Waals surface area contributed by atoms with E-state index >= 15 is 0 Å². The highest BCUT2D eigenvalue weighted by Gasteiger charge is 2.38. The molecule has 2 aromatic heterocycles. The van der Waals surface area contributed by atoms with Gasteiger partial charge >= 0.3 is 0 Å². The zero-order valence-electron chi connectivity index (χ0n) is 32.7. The summed E-state index contributed by atoms with van der Waals surface area (Å²) in [5, 5.41) is 9.85. The fourth-order valence-electron chi connectivity index (χ4n) is 9.47. The highest BCUT2D eigenvalue weighted by atomic mass is 15.0. The summed E-state index contributed by atoms with van der Waals surface area (Å²) in [6.45, 7) is 9.66. The van der Waals surface area contributed by atoms with Crippen molar-refractivity contribution in [3.63, 3.8) is 0 Å². The van der Waals surface area contributed by atoms with Crippen LogP contribution in [0.4, 0.5) is 0 Å². The van der Waals surface area contributed by atoms with Crippen molar-refractivity contribution in [3.8, 4) is 39.9 Å². The second kappa shape index (κ2) is 12.4. The van der Waals surface area contributed by atoms with Gasteiger partial charge in [0.05, 0.1) is 11.0 Å². The van der Waals surface area contributed by atoms with Crippen LogP contribution in [0.15, 0.2) is 158 Å². The molecule has 0 spiro atoms. The minimum absolute atomic E-state index is 0.0927. The molecule has 57 heavy (non-hydrogen) atoms. The Labute approximate surface area is 332 Å². The molecule has 274 valence electrons. The number of fused-ring (bicyclic) bond motifs is 9. The highest BCUT2D eigenvalue weighted by molar-refractivity contribution is 6.21. The Kier molecular flexibility index (Phi) is 7.34. The van der Waals surface area contributed by atoms with Crippen LogP contribution in [0.25, 0.3) is 94.0 Å². The lowest BCUT2D eigenvalue weighted by molar-refractivity contribution is 0.332. The van der Waals surface area contributed by atoms with Crippen molar-refractivity contribution in [2.75, 3.05) is 0 Å². The molecule has 1 aliphatic rings. The van der Waals surface area contributed by atoms with Crippen LogP contribution in [-0.2, 0) is 10.8 Å². The SMILES string of the molecule is CC1(C)CCC(C)(C)c2cc3c(cc21)c1c2ccccc2ccc1n3-c1ccc(-c2nc(-c3ccccc3)nc(-c3cc4ccccc4c4ccccc34)n2)cc1. The molecule has 8 aromatic carbocycles. The van der Waals surface area contributed by atoms with Crippen LogP contribution in [0.5, 0.6) is 0 Å². The topological polar surface area (TPSA) is 43.6 Å². The number of hydrogen-bond acceptors (Lipinski definition) is 3. The number of benzene rings is 8. The second-order valence-electron chi connectivity index (χ2n) is 17.1. The molecule has 4 nitrogen and oxygen atoms in total. The predicted molar refractivity (Wildman–Crippen MR) is 238 cm³/mol. The van der Waals surface area contributed by atoms with E-state index in [-0.39, 0.29) is 10.8 Å². The van der Waals surface area contributed by atoms with Gasteiger partial charge in [-0.3, -0.25) is 0 Å². The molecule has 0 radical (unpaired) electrons. The van der Waals surface area contributed by atoms with Crippen LogP contribution in [0.3, 0.4) is 0 Å². The summed E-state index contributed by atoms with van der Waals surface area (Å²) in [6, 6.07) is 56.8. The fourth-order valence-corrected chi connectivity index (χ4v) is 9.47. The standard InChI is InChI=1S/C53H42N4/c1-52(2)28-29-53(3,4)45-32-47-43(31-44(45)52)48-39-19-11-8-14-33(39)24-27-46(48)57(47)37-25-22-35(23-26-37)50-54-49(34-15-6-5-7-16-34)55-51(56-50)42-30-36-17-9-10-18-38(36)40-20-12-13-21-41(40)42/h5-27,30-32H,28-29H2,1-4H3. The van der Waals surface area contributed by atoms with Crippen molar-refractivity contribution in [1.29, 1.82) is 0 Å². The van der Waals surface area contributed by atoms with Crippen LogP contribution >= 0.6 is 0 Å². The first-order chi connectivity index (χ1) is 27.7. The Balaban J connectivity index is 1.12. The number of nitrogens with zero attached hydrogens (tertiary/aromatic N) is 4. The van der Waals surface area contributed by atoms with Gasteiger partial charge in [0, 0.05) is 33.2 Å². The van der Waals surface area contributed by atoms with E-state index in [1.54, 1.807) is 0 Å². The molecule has 2 heterocycles. The molecule has 4 heteroatoms. The van der Waals surface area contributed by atoms with Crippen LogP contribution < -0.4 is 0 Å². The van der Waals surface area contributed by atoms with Gasteiger partial charge in [-0.05, 0) is 116 Å². The molecular weight excluding hydrogens is 693 g/mol. The molecule has 0 amide bonds. The molecule has 1 aliphatic carbocycles. The summed E-state index contributed by atoms with van der Waals surface area (Å²) < 4.78 is 2.47. The minimum Gasteiger partial charge on any atom is -0.309 e. The number of hydrogen-bond donors (Lipinski definition) is 0. The molecule has 0 saturated carbocycles. The summed E-state index contributed by atoms with van der Waals surface area (Å²) in [4.78, 5) is 15.5. The molecule has 11 rings (SSSR count). The molecule has 10 aromatic rings.